The molecule has 104 valence electrons. The Morgan fingerprint density at radius 2 is 2.05 bits per heavy atom. The predicted octanol–water partition coefficient (Wildman–Crippen LogP) is 2.29. The van der Waals surface area contributed by atoms with Gasteiger partial charge in [0.05, 0.1) is 5.71 Å². The van der Waals surface area contributed by atoms with Crippen LogP contribution in [0.1, 0.15) is 32.6 Å². The van der Waals surface area contributed by atoms with Crippen molar-refractivity contribution in [2.24, 2.45) is 16.8 Å². The van der Waals surface area contributed by atoms with E-state index >= 15 is 0 Å². The summed E-state index contributed by atoms with van der Waals surface area (Å²) < 4.78 is 0. The van der Waals surface area contributed by atoms with Crippen molar-refractivity contribution in [3.05, 3.63) is 35.6 Å². The van der Waals surface area contributed by atoms with Crippen molar-refractivity contribution in [3.8, 4) is 0 Å². The van der Waals surface area contributed by atoms with Crippen LogP contribution in [0.3, 0.4) is 0 Å². The molecule has 4 nitrogen and oxygen atoms in total. The Bertz CT molecular complexity index is 575. The molecule has 0 aromatic carbocycles. The molecule has 3 aliphatic rings. The molecule has 1 fully saturated rings. The molecule has 1 atom stereocenters. The van der Waals surface area contributed by atoms with Crippen LogP contribution in [0.15, 0.2) is 40.6 Å². The van der Waals surface area contributed by atoms with E-state index in [1.807, 2.05) is 25.2 Å². The highest BCUT2D eigenvalue weighted by Crippen LogP contribution is 2.28. The number of aliphatic imine (C=N–C) groups is 1. The van der Waals surface area contributed by atoms with E-state index in [2.05, 4.69) is 10.3 Å². The first-order valence-corrected chi connectivity index (χ1v) is 7.15. The molecule has 0 aromatic heterocycles. The Morgan fingerprint density at radius 1 is 1.30 bits per heavy atom. The summed E-state index contributed by atoms with van der Waals surface area (Å²) in [6, 6.07) is 0. The van der Waals surface area contributed by atoms with Crippen molar-refractivity contribution in [2.75, 3.05) is 0 Å². The molecule has 0 radical (unpaired) electrons. The van der Waals surface area contributed by atoms with Gasteiger partial charge in [-0.3, -0.25) is 9.59 Å². The normalized spacial score (nSPS) is 27.9. The molecule has 20 heavy (non-hydrogen) atoms. The SMILES string of the molecule is CC1=CC(=O)NC2=CC(=NC(=O)C3CCCC3)C=CC12. The first kappa shape index (κ1) is 13.0. The molecule has 2 aliphatic carbocycles. The van der Waals surface area contributed by atoms with Gasteiger partial charge in [-0.25, -0.2) is 4.99 Å². The van der Waals surface area contributed by atoms with Crippen LogP contribution in [-0.2, 0) is 9.59 Å². The monoisotopic (exact) mass is 270 g/mol. The third-order valence-corrected chi connectivity index (χ3v) is 4.16. The van der Waals surface area contributed by atoms with Crippen LogP contribution in [0.2, 0.25) is 0 Å². The van der Waals surface area contributed by atoms with E-state index in [0.29, 0.717) is 5.71 Å². The Kier molecular flexibility index (Phi) is 3.38. The van der Waals surface area contributed by atoms with E-state index in [-0.39, 0.29) is 23.7 Å². The van der Waals surface area contributed by atoms with Gasteiger partial charge in [-0.1, -0.05) is 24.5 Å². The van der Waals surface area contributed by atoms with E-state index in [9.17, 15) is 9.59 Å². The van der Waals surface area contributed by atoms with Crippen molar-refractivity contribution in [1.29, 1.82) is 0 Å². The Morgan fingerprint density at radius 3 is 2.80 bits per heavy atom. The van der Waals surface area contributed by atoms with Gasteiger partial charge in [0.2, 0.25) is 11.8 Å². The number of fused-ring (bicyclic) bond motifs is 1. The maximum absolute atomic E-state index is 12.1. The van der Waals surface area contributed by atoms with Crippen LogP contribution in [-0.4, -0.2) is 17.5 Å². The summed E-state index contributed by atoms with van der Waals surface area (Å²) in [5, 5.41) is 2.82. The summed E-state index contributed by atoms with van der Waals surface area (Å²) in [6.45, 7) is 1.94. The Labute approximate surface area is 118 Å². The minimum atomic E-state index is -0.109. The fraction of sp³-hybridized carbons (Fsp3) is 0.438. The van der Waals surface area contributed by atoms with Gasteiger partial charge in [0.25, 0.3) is 0 Å². The molecular weight excluding hydrogens is 252 g/mol. The van der Waals surface area contributed by atoms with Gasteiger partial charge in [-0.05, 0) is 31.9 Å². The zero-order valence-corrected chi connectivity index (χ0v) is 11.6. The lowest BCUT2D eigenvalue weighted by atomic mass is 9.89. The minimum Gasteiger partial charge on any atom is -0.325 e. The Hall–Kier alpha value is -1.97. The number of amides is 2. The quantitative estimate of drug-likeness (QED) is 0.794. The number of nitrogens with zero attached hydrogens (tertiary/aromatic N) is 1. The van der Waals surface area contributed by atoms with Gasteiger partial charge < -0.3 is 5.32 Å². The van der Waals surface area contributed by atoms with Gasteiger partial charge in [-0.2, -0.15) is 0 Å². The van der Waals surface area contributed by atoms with Crippen molar-refractivity contribution < 1.29 is 9.59 Å². The lowest BCUT2D eigenvalue weighted by Crippen LogP contribution is -2.32. The maximum Gasteiger partial charge on any atom is 0.249 e. The number of allylic oxidation sites excluding steroid dienone is 3. The second-order valence-corrected chi connectivity index (χ2v) is 5.67. The van der Waals surface area contributed by atoms with Crippen molar-refractivity contribution in [3.63, 3.8) is 0 Å². The molecule has 1 N–H and O–H groups in total. The fourth-order valence-electron chi connectivity index (χ4n) is 3.04. The summed E-state index contributed by atoms with van der Waals surface area (Å²) in [6.07, 6.45) is 11.4. The molecular formula is C16H18N2O2. The average Bonchev–Trinajstić information content (AvgIpc) is 2.91. The minimum absolute atomic E-state index is 0.0214. The number of hydrogen-bond acceptors (Lipinski definition) is 2. The van der Waals surface area contributed by atoms with E-state index in [1.165, 1.54) is 0 Å². The van der Waals surface area contributed by atoms with E-state index in [1.54, 1.807) is 6.08 Å². The van der Waals surface area contributed by atoms with Gasteiger partial charge in [0, 0.05) is 23.6 Å². The predicted molar refractivity (Wildman–Crippen MR) is 77.0 cm³/mol. The van der Waals surface area contributed by atoms with Gasteiger partial charge >= 0.3 is 0 Å². The molecule has 0 aromatic rings. The third-order valence-electron chi connectivity index (χ3n) is 4.16. The smallest absolute Gasteiger partial charge is 0.249 e. The molecule has 4 heteroatoms. The van der Waals surface area contributed by atoms with Crippen molar-refractivity contribution in [2.45, 2.75) is 32.6 Å². The zero-order valence-electron chi connectivity index (χ0n) is 11.6. The van der Waals surface area contributed by atoms with Crippen LogP contribution in [0.5, 0.6) is 0 Å². The maximum atomic E-state index is 12.1. The highest BCUT2D eigenvalue weighted by atomic mass is 16.2. The summed E-state index contributed by atoms with van der Waals surface area (Å²) in [5.41, 5.74) is 2.47. The summed E-state index contributed by atoms with van der Waals surface area (Å²) >= 11 is 0. The van der Waals surface area contributed by atoms with Crippen molar-refractivity contribution >= 4 is 17.5 Å². The summed E-state index contributed by atoms with van der Waals surface area (Å²) in [5.74, 6) is 0.0662. The van der Waals surface area contributed by atoms with E-state index < -0.39 is 0 Å². The van der Waals surface area contributed by atoms with Crippen LogP contribution >= 0.6 is 0 Å². The van der Waals surface area contributed by atoms with E-state index in [0.717, 1.165) is 37.0 Å². The molecule has 1 saturated carbocycles. The van der Waals surface area contributed by atoms with Gasteiger partial charge in [0.15, 0.2) is 0 Å². The van der Waals surface area contributed by atoms with Crippen LogP contribution in [0.25, 0.3) is 0 Å². The molecule has 0 saturated heterocycles. The summed E-state index contributed by atoms with van der Waals surface area (Å²) in [4.78, 5) is 27.8. The van der Waals surface area contributed by atoms with Crippen molar-refractivity contribution in [1.82, 2.24) is 5.32 Å². The molecule has 3 rings (SSSR count). The lowest BCUT2D eigenvalue weighted by Gasteiger charge is -2.25. The lowest BCUT2D eigenvalue weighted by molar-refractivity contribution is -0.121. The zero-order chi connectivity index (χ0) is 14.1. The average molecular weight is 270 g/mol. The van der Waals surface area contributed by atoms with Gasteiger partial charge in [0.1, 0.15) is 0 Å². The van der Waals surface area contributed by atoms with Gasteiger partial charge in [-0.15, -0.1) is 0 Å². The highest BCUT2D eigenvalue weighted by molar-refractivity contribution is 6.11. The van der Waals surface area contributed by atoms with Crippen LogP contribution in [0.4, 0.5) is 0 Å². The molecule has 1 heterocycles. The second-order valence-electron chi connectivity index (χ2n) is 5.67. The molecule has 2 amide bonds. The largest absolute Gasteiger partial charge is 0.325 e. The van der Waals surface area contributed by atoms with Crippen LogP contribution < -0.4 is 5.32 Å². The molecule has 1 aliphatic heterocycles. The first-order valence-electron chi connectivity index (χ1n) is 7.15. The topological polar surface area (TPSA) is 58.5 Å². The van der Waals surface area contributed by atoms with Crippen LogP contribution in [0, 0.1) is 11.8 Å². The molecule has 0 spiro atoms. The molecule has 0 bridgehead atoms. The number of rotatable bonds is 1. The fourth-order valence-corrected chi connectivity index (χ4v) is 3.04. The Balaban J connectivity index is 1.80. The second kappa shape index (κ2) is 5.19. The number of carbonyl (C=O) groups is 2. The standard InChI is InChI=1S/C16H18N2O2/c1-10-8-15(19)18-14-9-12(6-7-13(10)14)17-16(20)11-4-2-3-5-11/h6-9,11,13H,2-5H2,1H3,(H,18,19). The van der Waals surface area contributed by atoms with E-state index in [4.69, 9.17) is 0 Å². The third kappa shape index (κ3) is 2.50. The number of carbonyl (C=O) groups excluding carboxylic acids is 2. The first-order chi connectivity index (χ1) is 9.63. The highest BCUT2D eigenvalue weighted by Gasteiger charge is 2.25. The number of nitrogens with one attached hydrogen (secondary N) is 1. The molecule has 1 unspecified atom stereocenters. The summed E-state index contributed by atoms with van der Waals surface area (Å²) in [7, 11) is 0. The number of hydrogen-bond donors (Lipinski definition) is 1.